The molecular weight excluding hydrogens is 410 g/mol. The van der Waals surface area contributed by atoms with Crippen molar-refractivity contribution < 1.29 is 9.21 Å². The predicted molar refractivity (Wildman–Crippen MR) is 123 cm³/mol. The number of hydrogen-bond donors (Lipinski definition) is 1. The summed E-state index contributed by atoms with van der Waals surface area (Å²) in [5.41, 5.74) is 2.76. The van der Waals surface area contributed by atoms with Gasteiger partial charge in [0.2, 0.25) is 11.8 Å². The molecular formula is C23H23N5O2S. The van der Waals surface area contributed by atoms with Crippen LogP contribution in [0.3, 0.4) is 0 Å². The standard InChI is InChI=1S/C23H23N5O2S/c1-2-12-27-13-15-28(16-14-27)20-10-8-19(9-11-20)24-21(29)17-31-23-26-25-22(30-23)18-6-4-3-5-7-18/h1,3-11H,12-17H2,(H,24,29). The SMILES string of the molecule is C#CCN1CCN(c2ccc(NC(=O)CSc3nnc(-c4ccccc4)o3)cc2)CC1. The summed E-state index contributed by atoms with van der Waals surface area (Å²) in [5.74, 6) is 3.21. The summed E-state index contributed by atoms with van der Waals surface area (Å²) in [5, 5.41) is 11.3. The van der Waals surface area contributed by atoms with Crippen molar-refractivity contribution >= 4 is 29.0 Å². The molecule has 1 fully saturated rings. The average Bonchev–Trinajstić information content (AvgIpc) is 3.29. The molecule has 2 aromatic carbocycles. The Kier molecular flexibility index (Phi) is 6.87. The van der Waals surface area contributed by atoms with Crippen molar-refractivity contribution in [3.05, 3.63) is 54.6 Å². The summed E-state index contributed by atoms with van der Waals surface area (Å²) < 4.78 is 5.62. The van der Waals surface area contributed by atoms with Crippen molar-refractivity contribution in [2.24, 2.45) is 0 Å². The highest BCUT2D eigenvalue weighted by atomic mass is 32.2. The number of piperazine rings is 1. The molecule has 158 valence electrons. The van der Waals surface area contributed by atoms with E-state index in [0.717, 1.165) is 43.1 Å². The topological polar surface area (TPSA) is 74.5 Å². The van der Waals surface area contributed by atoms with Gasteiger partial charge in [0, 0.05) is 43.1 Å². The number of thioether (sulfide) groups is 1. The molecule has 0 radical (unpaired) electrons. The summed E-state index contributed by atoms with van der Waals surface area (Å²) in [4.78, 5) is 16.9. The molecule has 31 heavy (non-hydrogen) atoms. The van der Waals surface area contributed by atoms with Gasteiger partial charge in [-0.2, -0.15) is 0 Å². The quantitative estimate of drug-likeness (QED) is 0.453. The second-order valence-corrected chi connectivity index (χ2v) is 8.02. The Labute approximate surface area is 185 Å². The Morgan fingerprint density at radius 2 is 1.81 bits per heavy atom. The molecule has 1 N–H and O–H groups in total. The van der Waals surface area contributed by atoms with E-state index in [2.05, 4.69) is 31.2 Å². The molecule has 0 spiro atoms. The van der Waals surface area contributed by atoms with Gasteiger partial charge in [0.1, 0.15) is 0 Å². The molecule has 1 aliphatic rings. The lowest BCUT2D eigenvalue weighted by molar-refractivity contribution is -0.113. The van der Waals surface area contributed by atoms with Crippen molar-refractivity contribution in [3.63, 3.8) is 0 Å². The number of anilines is 2. The first-order valence-electron chi connectivity index (χ1n) is 10.0. The van der Waals surface area contributed by atoms with Crippen LogP contribution in [0.5, 0.6) is 0 Å². The molecule has 7 nitrogen and oxygen atoms in total. The largest absolute Gasteiger partial charge is 0.411 e. The van der Waals surface area contributed by atoms with Gasteiger partial charge in [0.25, 0.3) is 5.22 Å². The fraction of sp³-hybridized carbons (Fsp3) is 0.261. The molecule has 8 heteroatoms. The van der Waals surface area contributed by atoms with Gasteiger partial charge >= 0.3 is 0 Å². The van der Waals surface area contributed by atoms with E-state index in [0.29, 0.717) is 17.7 Å². The van der Waals surface area contributed by atoms with Crippen LogP contribution in [0, 0.1) is 12.3 Å². The molecule has 1 saturated heterocycles. The summed E-state index contributed by atoms with van der Waals surface area (Å²) >= 11 is 1.21. The van der Waals surface area contributed by atoms with Crippen molar-refractivity contribution in [1.29, 1.82) is 0 Å². The minimum Gasteiger partial charge on any atom is -0.411 e. The summed E-state index contributed by atoms with van der Waals surface area (Å²) in [7, 11) is 0. The van der Waals surface area contributed by atoms with Crippen LogP contribution in [-0.4, -0.2) is 59.5 Å². The highest BCUT2D eigenvalue weighted by Crippen LogP contribution is 2.23. The summed E-state index contributed by atoms with van der Waals surface area (Å²) in [6, 6.07) is 17.4. The van der Waals surface area contributed by atoms with Gasteiger partial charge < -0.3 is 14.6 Å². The third-order valence-electron chi connectivity index (χ3n) is 4.96. The molecule has 1 amide bonds. The number of rotatable bonds is 7. The van der Waals surface area contributed by atoms with Crippen LogP contribution in [0.4, 0.5) is 11.4 Å². The molecule has 0 bridgehead atoms. The number of amides is 1. The van der Waals surface area contributed by atoms with Crippen LogP contribution in [0.25, 0.3) is 11.5 Å². The Bertz CT molecular complexity index is 1040. The number of nitrogens with zero attached hydrogens (tertiary/aromatic N) is 4. The average molecular weight is 434 g/mol. The van der Waals surface area contributed by atoms with Crippen molar-refractivity contribution in [2.75, 3.05) is 48.7 Å². The van der Waals surface area contributed by atoms with Gasteiger partial charge in [-0.1, -0.05) is 35.9 Å². The number of nitrogens with one attached hydrogen (secondary N) is 1. The lowest BCUT2D eigenvalue weighted by atomic mass is 10.2. The van der Waals surface area contributed by atoms with Gasteiger partial charge in [-0.3, -0.25) is 9.69 Å². The van der Waals surface area contributed by atoms with Gasteiger partial charge in [0.15, 0.2) is 0 Å². The molecule has 2 heterocycles. The monoisotopic (exact) mass is 433 g/mol. The van der Waals surface area contributed by atoms with E-state index in [-0.39, 0.29) is 11.7 Å². The van der Waals surface area contributed by atoms with E-state index in [4.69, 9.17) is 10.8 Å². The third kappa shape index (κ3) is 5.66. The zero-order chi connectivity index (χ0) is 21.5. The molecule has 4 rings (SSSR count). The number of terminal acetylenes is 1. The van der Waals surface area contributed by atoms with Crippen LogP contribution in [0.2, 0.25) is 0 Å². The fourth-order valence-corrected chi connectivity index (χ4v) is 3.90. The second-order valence-electron chi connectivity index (χ2n) is 7.09. The van der Waals surface area contributed by atoms with Crippen LogP contribution in [0.15, 0.2) is 64.2 Å². The molecule has 0 unspecified atom stereocenters. The number of benzene rings is 2. The molecule has 1 aliphatic heterocycles. The van der Waals surface area contributed by atoms with E-state index in [1.165, 1.54) is 11.8 Å². The number of hydrogen-bond acceptors (Lipinski definition) is 7. The smallest absolute Gasteiger partial charge is 0.277 e. The van der Waals surface area contributed by atoms with Crippen LogP contribution < -0.4 is 10.2 Å². The maximum absolute atomic E-state index is 12.3. The van der Waals surface area contributed by atoms with E-state index >= 15 is 0 Å². The fourth-order valence-electron chi connectivity index (χ4n) is 3.34. The molecule has 0 saturated carbocycles. The van der Waals surface area contributed by atoms with Crippen LogP contribution in [0.1, 0.15) is 0 Å². The van der Waals surface area contributed by atoms with Crippen molar-refractivity contribution in [2.45, 2.75) is 5.22 Å². The first-order chi connectivity index (χ1) is 15.2. The van der Waals surface area contributed by atoms with Gasteiger partial charge in [-0.15, -0.1) is 16.6 Å². The van der Waals surface area contributed by atoms with E-state index in [1.807, 2.05) is 54.6 Å². The Morgan fingerprint density at radius 3 is 2.52 bits per heavy atom. The zero-order valence-electron chi connectivity index (χ0n) is 17.0. The highest BCUT2D eigenvalue weighted by molar-refractivity contribution is 7.99. The lowest BCUT2D eigenvalue weighted by Gasteiger charge is -2.35. The number of carbonyl (C=O) groups excluding carboxylic acids is 1. The minimum atomic E-state index is -0.125. The zero-order valence-corrected chi connectivity index (χ0v) is 17.8. The first-order valence-corrected chi connectivity index (χ1v) is 11.0. The maximum Gasteiger partial charge on any atom is 0.277 e. The second kappa shape index (κ2) is 10.2. The highest BCUT2D eigenvalue weighted by Gasteiger charge is 2.16. The first kappa shape index (κ1) is 21.0. The third-order valence-corrected chi connectivity index (χ3v) is 5.78. The number of carbonyl (C=O) groups is 1. The van der Waals surface area contributed by atoms with Crippen LogP contribution in [-0.2, 0) is 4.79 Å². The maximum atomic E-state index is 12.3. The van der Waals surface area contributed by atoms with Gasteiger partial charge in [0.05, 0.1) is 12.3 Å². The lowest BCUT2D eigenvalue weighted by Crippen LogP contribution is -2.46. The van der Waals surface area contributed by atoms with Crippen molar-refractivity contribution in [1.82, 2.24) is 15.1 Å². The molecule has 1 aromatic heterocycles. The van der Waals surface area contributed by atoms with E-state index < -0.39 is 0 Å². The van der Waals surface area contributed by atoms with Gasteiger partial charge in [-0.25, -0.2) is 0 Å². The van der Waals surface area contributed by atoms with Crippen LogP contribution >= 0.6 is 11.8 Å². The molecule has 3 aromatic rings. The minimum absolute atomic E-state index is 0.125. The number of aromatic nitrogens is 2. The molecule has 0 atom stereocenters. The Balaban J connectivity index is 1.25. The summed E-state index contributed by atoms with van der Waals surface area (Å²) in [6.45, 7) is 4.51. The van der Waals surface area contributed by atoms with Gasteiger partial charge in [-0.05, 0) is 36.4 Å². The predicted octanol–water partition coefficient (Wildman–Crippen LogP) is 3.22. The normalized spacial score (nSPS) is 14.2. The van der Waals surface area contributed by atoms with Crippen molar-refractivity contribution in [3.8, 4) is 23.8 Å². The van der Waals surface area contributed by atoms with E-state index in [9.17, 15) is 4.79 Å². The summed E-state index contributed by atoms with van der Waals surface area (Å²) in [6.07, 6.45) is 5.39. The van der Waals surface area contributed by atoms with E-state index in [1.54, 1.807) is 0 Å². The Hall–Kier alpha value is -3.28. The Morgan fingerprint density at radius 1 is 1.06 bits per heavy atom. The molecule has 0 aliphatic carbocycles.